The molecule has 0 fully saturated rings. The standard InChI is InChI=1S/C21H16Cl2N2O4/c22-14-1-7-17(8-2-14)28-13-20(26)25-21(27)24-16-5-11-19(12-6-16)29-18-9-3-15(23)4-10-18/h1-12H,13H2,(H2,24,25,26,27). The number of carbonyl (C=O) groups excluding carboxylic acids is 2. The Kier molecular flexibility index (Phi) is 6.94. The van der Waals surface area contributed by atoms with Crippen molar-refractivity contribution in [2.45, 2.75) is 0 Å². The molecule has 0 bridgehead atoms. The number of rotatable bonds is 6. The van der Waals surface area contributed by atoms with Gasteiger partial charge in [0, 0.05) is 15.7 Å². The first-order valence-corrected chi connectivity index (χ1v) is 9.26. The SMILES string of the molecule is O=C(COc1ccc(Cl)cc1)NC(=O)Nc1ccc(Oc2ccc(Cl)cc2)cc1. The van der Waals surface area contributed by atoms with Crippen molar-refractivity contribution in [2.75, 3.05) is 11.9 Å². The number of benzene rings is 3. The van der Waals surface area contributed by atoms with Crippen molar-refractivity contribution in [2.24, 2.45) is 0 Å². The van der Waals surface area contributed by atoms with E-state index in [-0.39, 0.29) is 6.61 Å². The normalized spacial score (nSPS) is 10.1. The Bertz CT molecular complexity index is 975. The summed E-state index contributed by atoms with van der Waals surface area (Å²) in [5, 5.41) is 5.93. The highest BCUT2D eigenvalue weighted by Crippen LogP contribution is 2.24. The summed E-state index contributed by atoms with van der Waals surface area (Å²) in [5.41, 5.74) is 0.498. The van der Waals surface area contributed by atoms with Gasteiger partial charge in [0.1, 0.15) is 17.2 Å². The number of amides is 3. The Morgan fingerprint density at radius 2 is 1.21 bits per heavy atom. The number of ether oxygens (including phenoxy) is 2. The molecule has 8 heteroatoms. The van der Waals surface area contributed by atoms with Crippen LogP contribution in [0, 0.1) is 0 Å². The molecular formula is C21H16Cl2N2O4. The molecule has 29 heavy (non-hydrogen) atoms. The van der Waals surface area contributed by atoms with Crippen LogP contribution in [0.25, 0.3) is 0 Å². The lowest BCUT2D eigenvalue weighted by molar-refractivity contribution is -0.121. The second-order valence-electron chi connectivity index (χ2n) is 5.83. The topological polar surface area (TPSA) is 76.7 Å². The molecule has 3 aromatic carbocycles. The Morgan fingerprint density at radius 3 is 1.76 bits per heavy atom. The minimum Gasteiger partial charge on any atom is -0.484 e. The zero-order valence-corrected chi connectivity index (χ0v) is 16.5. The lowest BCUT2D eigenvalue weighted by Gasteiger charge is -2.09. The zero-order chi connectivity index (χ0) is 20.6. The second-order valence-corrected chi connectivity index (χ2v) is 6.70. The van der Waals surface area contributed by atoms with E-state index in [1.165, 1.54) is 0 Å². The van der Waals surface area contributed by atoms with Crippen LogP contribution in [0.5, 0.6) is 17.2 Å². The summed E-state index contributed by atoms with van der Waals surface area (Å²) in [5.74, 6) is 1.12. The van der Waals surface area contributed by atoms with E-state index in [1.54, 1.807) is 72.8 Å². The van der Waals surface area contributed by atoms with Crippen LogP contribution in [0.4, 0.5) is 10.5 Å². The van der Waals surface area contributed by atoms with Crippen LogP contribution in [0.3, 0.4) is 0 Å². The van der Waals surface area contributed by atoms with Gasteiger partial charge in [-0.25, -0.2) is 4.79 Å². The first-order chi connectivity index (χ1) is 14.0. The molecule has 0 saturated carbocycles. The first-order valence-electron chi connectivity index (χ1n) is 8.50. The highest BCUT2D eigenvalue weighted by Gasteiger charge is 2.09. The molecule has 0 radical (unpaired) electrons. The highest BCUT2D eigenvalue weighted by atomic mass is 35.5. The molecule has 0 unspecified atom stereocenters. The molecule has 0 saturated heterocycles. The van der Waals surface area contributed by atoms with E-state index in [1.807, 2.05) is 0 Å². The van der Waals surface area contributed by atoms with Crippen molar-refractivity contribution < 1.29 is 19.1 Å². The lowest BCUT2D eigenvalue weighted by Crippen LogP contribution is -2.37. The lowest BCUT2D eigenvalue weighted by atomic mass is 10.3. The summed E-state index contributed by atoms with van der Waals surface area (Å²) < 4.78 is 11.0. The van der Waals surface area contributed by atoms with Gasteiger partial charge in [0.05, 0.1) is 0 Å². The Hall–Kier alpha value is -3.22. The fraction of sp³-hybridized carbons (Fsp3) is 0.0476. The average Bonchev–Trinajstić information content (AvgIpc) is 2.71. The van der Waals surface area contributed by atoms with Gasteiger partial charge in [-0.3, -0.25) is 10.1 Å². The van der Waals surface area contributed by atoms with Crippen molar-refractivity contribution in [1.82, 2.24) is 5.32 Å². The van der Waals surface area contributed by atoms with Crippen molar-refractivity contribution in [3.8, 4) is 17.2 Å². The van der Waals surface area contributed by atoms with Crippen molar-refractivity contribution in [3.05, 3.63) is 82.8 Å². The number of urea groups is 1. The van der Waals surface area contributed by atoms with Gasteiger partial charge in [-0.05, 0) is 72.8 Å². The third-order valence-corrected chi connectivity index (χ3v) is 4.10. The molecule has 6 nitrogen and oxygen atoms in total. The van der Waals surface area contributed by atoms with Gasteiger partial charge in [-0.1, -0.05) is 23.2 Å². The summed E-state index contributed by atoms with van der Waals surface area (Å²) in [6.45, 7) is -0.303. The van der Waals surface area contributed by atoms with Crippen LogP contribution in [0.2, 0.25) is 10.0 Å². The molecule has 3 amide bonds. The Labute approximate surface area is 177 Å². The molecule has 0 atom stereocenters. The third kappa shape index (κ3) is 6.71. The number of anilines is 1. The highest BCUT2D eigenvalue weighted by molar-refractivity contribution is 6.30. The summed E-state index contributed by atoms with van der Waals surface area (Å²) >= 11 is 11.6. The van der Waals surface area contributed by atoms with Crippen LogP contribution >= 0.6 is 23.2 Å². The van der Waals surface area contributed by atoms with Crippen LogP contribution in [-0.4, -0.2) is 18.5 Å². The predicted molar refractivity (Wildman–Crippen MR) is 112 cm³/mol. The third-order valence-electron chi connectivity index (χ3n) is 3.60. The molecular weight excluding hydrogens is 415 g/mol. The fourth-order valence-electron chi connectivity index (χ4n) is 2.25. The number of hydrogen-bond donors (Lipinski definition) is 2. The second kappa shape index (κ2) is 9.82. The van der Waals surface area contributed by atoms with Crippen molar-refractivity contribution in [3.63, 3.8) is 0 Å². The van der Waals surface area contributed by atoms with Gasteiger partial charge in [0.25, 0.3) is 5.91 Å². The Balaban J connectivity index is 1.45. The smallest absolute Gasteiger partial charge is 0.325 e. The van der Waals surface area contributed by atoms with Gasteiger partial charge in [0.2, 0.25) is 0 Å². The molecule has 2 N–H and O–H groups in total. The van der Waals surface area contributed by atoms with E-state index >= 15 is 0 Å². The first kappa shape index (κ1) is 20.5. The largest absolute Gasteiger partial charge is 0.484 e. The molecule has 0 aliphatic rings. The number of imide groups is 1. The summed E-state index contributed by atoms with van der Waals surface area (Å²) in [7, 11) is 0. The average molecular weight is 431 g/mol. The van der Waals surface area contributed by atoms with E-state index < -0.39 is 11.9 Å². The molecule has 148 valence electrons. The monoisotopic (exact) mass is 430 g/mol. The summed E-state index contributed by atoms with van der Waals surface area (Å²) in [6, 6.07) is 19.5. The molecule has 0 aliphatic carbocycles. The molecule has 0 heterocycles. The van der Waals surface area contributed by atoms with Gasteiger partial charge in [-0.15, -0.1) is 0 Å². The number of nitrogens with one attached hydrogen (secondary N) is 2. The van der Waals surface area contributed by atoms with E-state index in [0.717, 1.165) is 0 Å². The van der Waals surface area contributed by atoms with Gasteiger partial charge < -0.3 is 14.8 Å². The minimum absolute atomic E-state index is 0.303. The molecule has 3 rings (SSSR count). The van der Waals surface area contributed by atoms with Crippen molar-refractivity contribution >= 4 is 40.8 Å². The maximum Gasteiger partial charge on any atom is 0.325 e. The molecule has 0 aliphatic heterocycles. The quantitative estimate of drug-likeness (QED) is 0.540. The fourth-order valence-corrected chi connectivity index (χ4v) is 2.50. The van der Waals surface area contributed by atoms with Crippen LogP contribution in [-0.2, 0) is 4.79 Å². The van der Waals surface area contributed by atoms with E-state index in [0.29, 0.717) is 33.0 Å². The van der Waals surface area contributed by atoms with Crippen LogP contribution < -0.4 is 20.1 Å². The number of carbonyl (C=O) groups is 2. The van der Waals surface area contributed by atoms with Gasteiger partial charge in [0.15, 0.2) is 6.61 Å². The zero-order valence-electron chi connectivity index (χ0n) is 15.0. The predicted octanol–water partition coefficient (Wildman–Crippen LogP) is 5.51. The van der Waals surface area contributed by atoms with Crippen LogP contribution in [0.15, 0.2) is 72.8 Å². The molecule has 3 aromatic rings. The van der Waals surface area contributed by atoms with E-state index in [2.05, 4.69) is 10.6 Å². The van der Waals surface area contributed by atoms with E-state index in [9.17, 15) is 9.59 Å². The maximum atomic E-state index is 11.9. The summed E-state index contributed by atoms with van der Waals surface area (Å²) in [4.78, 5) is 23.7. The Morgan fingerprint density at radius 1 is 0.724 bits per heavy atom. The summed E-state index contributed by atoms with van der Waals surface area (Å²) in [6.07, 6.45) is 0. The minimum atomic E-state index is -0.666. The van der Waals surface area contributed by atoms with Crippen LogP contribution in [0.1, 0.15) is 0 Å². The number of hydrogen-bond acceptors (Lipinski definition) is 4. The molecule has 0 spiro atoms. The number of halogens is 2. The van der Waals surface area contributed by atoms with E-state index in [4.69, 9.17) is 32.7 Å². The molecule has 0 aromatic heterocycles. The van der Waals surface area contributed by atoms with Gasteiger partial charge in [-0.2, -0.15) is 0 Å². The maximum absolute atomic E-state index is 11.9. The van der Waals surface area contributed by atoms with Crippen molar-refractivity contribution in [1.29, 1.82) is 0 Å². The van der Waals surface area contributed by atoms with Gasteiger partial charge >= 0.3 is 6.03 Å².